The van der Waals surface area contributed by atoms with Gasteiger partial charge in [0.05, 0.1) is 11.9 Å². The molecule has 2 aromatic heterocycles. The molecule has 1 aliphatic heterocycles. The third kappa shape index (κ3) is 3.14. The number of thioether (sulfide) groups is 1. The van der Waals surface area contributed by atoms with Crippen molar-refractivity contribution in [2.45, 2.75) is 26.4 Å². The van der Waals surface area contributed by atoms with Gasteiger partial charge in [-0.3, -0.25) is 14.4 Å². The number of nitrogens with one attached hydrogen (secondary N) is 1. The maximum absolute atomic E-state index is 13.0. The number of hydrogen-bond acceptors (Lipinski definition) is 5. The highest BCUT2D eigenvalue weighted by Gasteiger charge is 2.19. The summed E-state index contributed by atoms with van der Waals surface area (Å²) in [5.41, 5.74) is 1.19. The van der Waals surface area contributed by atoms with E-state index in [1.165, 1.54) is 0 Å². The van der Waals surface area contributed by atoms with Gasteiger partial charge in [0, 0.05) is 22.8 Å². The number of nitrogens with zero attached hydrogens (tertiary/aromatic N) is 4. The highest BCUT2D eigenvalue weighted by molar-refractivity contribution is 8.15. The van der Waals surface area contributed by atoms with Crippen LogP contribution in [0.4, 0.5) is 0 Å². The molecule has 3 heterocycles. The van der Waals surface area contributed by atoms with Crippen molar-refractivity contribution in [3.05, 3.63) is 40.8 Å². The van der Waals surface area contributed by atoms with Crippen LogP contribution in [0.5, 0.6) is 0 Å². The number of carbonyl (C=O) groups excluding carboxylic acids is 2. The molecule has 0 spiro atoms. The van der Waals surface area contributed by atoms with E-state index < -0.39 is 5.91 Å². The number of aliphatic imine (C=N–C) groups is 1. The first-order valence-corrected chi connectivity index (χ1v) is 9.58. The summed E-state index contributed by atoms with van der Waals surface area (Å²) < 4.78 is 3.11. The van der Waals surface area contributed by atoms with Crippen molar-refractivity contribution in [1.29, 1.82) is 0 Å². The number of para-hydroxylation sites is 1. The highest BCUT2D eigenvalue weighted by atomic mass is 32.2. The lowest BCUT2D eigenvalue weighted by Crippen LogP contribution is -2.28. The fraction of sp³-hybridized carbons (Fsp3) is 0.278. The lowest BCUT2D eigenvalue weighted by atomic mass is 10.2. The van der Waals surface area contributed by atoms with Gasteiger partial charge < -0.3 is 9.88 Å². The lowest BCUT2D eigenvalue weighted by Gasteiger charge is -2.06. The van der Waals surface area contributed by atoms with Crippen molar-refractivity contribution >= 4 is 50.5 Å². The van der Waals surface area contributed by atoms with Gasteiger partial charge in [0.1, 0.15) is 12.1 Å². The van der Waals surface area contributed by atoms with Crippen LogP contribution in [0.2, 0.25) is 0 Å². The maximum Gasteiger partial charge on any atom is 0.291 e. The third-order valence-electron chi connectivity index (χ3n) is 4.32. The van der Waals surface area contributed by atoms with Gasteiger partial charge in [-0.25, -0.2) is 4.68 Å². The van der Waals surface area contributed by atoms with E-state index in [9.17, 15) is 14.4 Å². The standard InChI is InChI=1S/C18H17N5O3S/c1-2-7-22-13-6-4-3-5-11(13)12-8-19-23(17(26)16(12)22)9-14(24)20-18-21-15(25)10-27-18/h3-6,8H,2,7,9-10H2,1H3,(H,20,21,24,25). The Hall–Kier alpha value is -2.94. The smallest absolute Gasteiger partial charge is 0.291 e. The number of carbonyl (C=O) groups is 2. The Balaban J connectivity index is 1.77. The Morgan fingerprint density at radius 3 is 2.85 bits per heavy atom. The molecule has 138 valence electrons. The van der Waals surface area contributed by atoms with Crippen LogP contribution < -0.4 is 10.9 Å². The van der Waals surface area contributed by atoms with Gasteiger partial charge in [-0.2, -0.15) is 10.1 Å². The Bertz CT molecular complexity index is 1160. The summed E-state index contributed by atoms with van der Waals surface area (Å²) in [6.07, 6.45) is 2.50. The minimum Gasteiger partial charge on any atom is -0.336 e. The zero-order chi connectivity index (χ0) is 19.0. The molecule has 4 rings (SSSR count). The van der Waals surface area contributed by atoms with Crippen LogP contribution in [-0.4, -0.2) is 37.1 Å². The van der Waals surface area contributed by atoms with Crippen LogP contribution in [0.1, 0.15) is 13.3 Å². The van der Waals surface area contributed by atoms with Crippen LogP contribution in [0.3, 0.4) is 0 Å². The molecular weight excluding hydrogens is 366 g/mol. The number of aromatic nitrogens is 3. The number of aryl methyl sites for hydroxylation is 1. The molecule has 1 fully saturated rings. The SMILES string of the molecule is CCCn1c2ccccc2c2cnn(CC(=O)N=C3NC(=O)CS3)c(=O)c21. The van der Waals surface area contributed by atoms with Crippen molar-refractivity contribution in [1.82, 2.24) is 19.7 Å². The fourth-order valence-electron chi connectivity index (χ4n) is 3.22. The van der Waals surface area contributed by atoms with Gasteiger partial charge in [-0.05, 0) is 12.5 Å². The number of amides is 2. The predicted molar refractivity (Wildman–Crippen MR) is 105 cm³/mol. The first-order chi connectivity index (χ1) is 13.1. The monoisotopic (exact) mass is 383 g/mol. The Morgan fingerprint density at radius 1 is 1.30 bits per heavy atom. The number of rotatable bonds is 4. The summed E-state index contributed by atoms with van der Waals surface area (Å²) in [4.78, 5) is 40.2. The van der Waals surface area contributed by atoms with Crippen molar-refractivity contribution in [3.63, 3.8) is 0 Å². The number of hydrogen-bond donors (Lipinski definition) is 1. The minimum atomic E-state index is -0.535. The summed E-state index contributed by atoms with van der Waals surface area (Å²) in [6, 6.07) is 7.81. The predicted octanol–water partition coefficient (Wildman–Crippen LogP) is 1.51. The van der Waals surface area contributed by atoms with E-state index in [0.717, 1.165) is 39.2 Å². The minimum absolute atomic E-state index is 0.188. The summed E-state index contributed by atoms with van der Waals surface area (Å²) >= 11 is 1.16. The summed E-state index contributed by atoms with van der Waals surface area (Å²) in [5.74, 6) is -0.480. The zero-order valence-electron chi connectivity index (χ0n) is 14.6. The molecule has 27 heavy (non-hydrogen) atoms. The van der Waals surface area contributed by atoms with Crippen LogP contribution in [-0.2, 0) is 22.7 Å². The van der Waals surface area contributed by atoms with Crippen molar-refractivity contribution < 1.29 is 9.59 Å². The van der Waals surface area contributed by atoms with E-state index in [4.69, 9.17) is 0 Å². The topological polar surface area (TPSA) is 98.3 Å². The number of benzene rings is 1. The van der Waals surface area contributed by atoms with E-state index >= 15 is 0 Å². The van der Waals surface area contributed by atoms with E-state index in [-0.39, 0.29) is 28.9 Å². The van der Waals surface area contributed by atoms with Gasteiger partial charge in [-0.15, -0.1) is 0 Å². The molecule has 0 saturated carbocycles. The second kappa shape index (κ2) is 6.99. The number of amidine groups is 1. The summed E-state index contributed by atoms with van der Waals surface area (Å²) in [6.45, 7) is 2.47. The molecule has 9 heteroatoms. The number of fused-ring (bicyclic) bond motifs is 3. The van der Waals surface area contributed by atoms with Crippen LogP contribution >= 0.6 is 11.8 Å². The molecule has 0 aliphatic carbocycles. The average molecular weight is 383 g/mol. The second-order valence-electron chi connectivity index (χ2n) is 6.19. The van der Waals surface area contributed by atoms with E-state index in [2.05, 4.69) is 15.4 Å². The van der Waals surface area contributed by atoms with Crippen molar-refractivity contribution in [2.75, 3.05) is 5.75 Å². The Kier molecular flexibility index (Phi) is 4.53. The van der Waals surface area contributed by atoms with E-state index in [1.54, 1.807) is 6.20 Å². The molecule has 8 nitrogen and oxygen atoms in total. The summed E-state index contributed by atoms with van der Waals surface area (Å²) in [5, 5.41) is 8.67. The maximum atomic E-state index is 13.0. The molecule has 1 saturated heterocycles. The zero-order valence-corrected chi connectivity index (χ0v) is 15.5. The van der Waals surface area contributed by atoms with E-state index in [1.807, 2.05) is 35.8 Å². The molecule has 1 aliphatic rings. The molecule has 2 amide bonds. The van der Waals surface area contributed by atoms with Gasteiger partial charge in [0.2, 0.25) is 5.91 Å². The molecule has 0 bridgehead atoms. The first kappa shape index (κ1) is 17.5. The molecule has 0 unspecified atom stereocenters. The molecule has 1 aromatic carbocycles. The fourth-order valence-corrected chi connectivity index (χ4v) is 3.92. The Morgan fingerprint density at radius 2 is 2.11 bits per heavy atom. The largest absolute Gasteiger partial charge is 0.336 e. The average Bonchev–Trinajstić information content (AvgIpc) is 3.20. The van der Waals surface area contributed by atoms with Crippen LogP contribution in [0.25, 0.3) is 21.8 Å². The first-order valence-electron chi connectivity index (χ1n) is 8.59. The van der Waals surface area contributed by atoms with Gasteiger partial charge in [0.25, 0.3) is 11.5 Å². The van der Waals surface area contributed by atoms with Gasteiger partial charge >= 0.3 is 0 Å². The normalized spacial score (nSPS) is 15.7. The lowest BCUT2D eigenvalue weighted by molar-refractivity contribution is -0.118. The van der Waals surface area contributed by atoms with Crippen LogP contribution in [0.15, 0.2) is 40.2 Å². The van der Waals surface area contributed by atoms with Crippen LogP contribution in [0, 0.1) is 0 Å². The summed E-state index contributed by atoms with van der Waals surface area (Å²) in [7, 11) is 0. The van der Waals surface area contributed by atoms with Gasteiger partial charge in [0.15, 0.2) is 5.17 Å². The molecular formula is C18H17N5O3S. The second-order valence-corrected chi connectivity index (χ2v) is 7.15. The van der Waals surface area contributed by atoms with Crippen molar-refractivity contribution in [3.8, 4) is 0 Å². The third-order valence-corrected chi connectivity index (χ3v) is 5.19. The van der Waals surface area contributed by atoms with E-state index in [0.29, 0.717) is 12.1 Å². The molecule has 3 aromatic rings. The molecule has 0 radical (unpaired) electrons. The van der Waals surface area contributed by atoms with Crippen molar-refractivity contribution in [2.24, 2.45) is 4.99 Å². The highest BCUT2D eigenvalue weighted by Crippen LogP contribution is 2.26. The molecule has 0 atom stereocenters. The quantitative estimate of drug-likeness (QED) is 0.736. The molecule has 1 N–H and O–H groups in total. The van der Waals surface area contributed by atoms with Gasteiger partial charge in [-0.1, -0.05) is 36.9 Å². The Labute approximate surface area is 158 Å².